The van der Waals surface area contributed by atoms with E-state index in [1.807, 2.05) is 0 Å². The van der Waals surface area contributed by atoms with Crippen LogP contribution in [0.15, 0.2) is 75.4 Å². The minimum Gasteiger partial charge on any atom is -0.269 e. The number of benzene rings is 3. The predicted molar refractivity (Wildman–Crippen MR) is 120 cm³/mol. The van der Waals surface area contributed by atoms with Crippen LogP contribution in [0.2, 0.25) is 10.0 Å². The standard InChI is InChI=1S/C20H16Cl2N2O4S2/c1-13-5-3-4-6-18(13)23(2)30(27,28)15-8-10-20(19(12-15)24(25)26)29-14-7-9-16(21)17(22)11-14/h3-12H,1-2H3. The molecule has 3 aromatic carbocycles. The topological polar surface area (TPSA) is 80.5 Å². The summed E-state index contributed by atoms with van der Waals surface area (Å²) in [6, 6.07) is 15.7. The lowest BCUT2D eigenvalue weighted by Gasteiger charge is -2.21. The maximum Gasteiger partial charge on any atom is 0.284 e. The van der Waals surface area contributed by atoms with Gasteiger partial charge in [0.15, 0.2) is 0 Å². The number of nitro benzene ring substituents is 1. The maximum atomic E-state index is 13.1. The van der Waals surface area contributed by atoms with E-state index >= 15 is 0 Å². The van der Waals surface area contributed by atoms with Gasteiger partial charge in [0.1, 0.15) is 0 Å². The Bertz CT molecular complexity index is 1230. The summed E-state index contributed by atoms with van der Waals surface area (Å²) in [7, 11) is -2.57. The summed E-state index contributed by atoms with van der Waals surface area (Å²) in [6.07, 6.45) is 0. The zero-order chi connectivity index (χ0) is 22.1. The zero-order valence-corrected chi connectivity index (χ0v) is 19.0. The van der Waals surface area contributed by atoms with Crippen LogP contribution in [-0.4, -0.2) is 20.4 Å². The highest BCUT2D eigenvalue weighted by Crippen LogP contribution is 2.39. The Balaban J connectivity index is 2.01. The van der Waals surface area contributed by atoms with Crippen LogP contribution in [0.3, 0.4) is 0 Å². The minimum atomic E-state index is -3.99. The van der Waals surface area contributed by atoms with E-state index in [1.165, 1.54) is 19.2 Å². The van der Waals surface area contributed by atoms with E-state index in [1.54, 1.807) is 49.4 Å². The molecule has 0 atom stereocenters. The van der Waals surface area contributed by atoms with Crippen molar-refractivity contribution in [1.29, 1.82) is 0 Å². The van der Waals surface area contributed by atoms with Crippen LogP contribution < -0.4 is 4.31 Å². The summed E-state index contributed by atoms with van der Waals surface area (Å²) in [5, 5.41) is 12.3. The summed E-state index contributed by atoms with van der Waals surface area (Å²) in [5.41, 5.74) is 0.949. The summed E-state index contributed by atoms with van der Waals surface area (Å²) >= 11 is 13.0. The Morgan fingerprint density at radius 1 is 1.00 bits per heavy atom. The normalized spacial score (nSPS) is 11.3. The highest BCUT2D eigenvalue weighted by atomic mass is 35.5. The molecule has 3 aromatic rings. The van der Waals surface area contributed by atoms with Crippen LogP contribution >= 0.6 is 35.0 Å². The molecule has 0 radical (unpaired) electrons. The Morgan fingerprint density at radius 3 is 2.33 bits per heavy atom. The second-order valence-electron chi connectivity index (χ2n) is 6.32. The summed E-state index contributed by atoms with van der Waals surface area (Å²) in [5.74, 6) is 0. The molecule has 156 valence electrons. The van der Waals surface area contributed by atoms with Crippen molar-refractivity contribution in [3.63, 3.8) is 0 Å². The molecule has 3 rings (SSSR count). The molecule has 10 heteroatoms. The molecule has 0 fully saturated rings. The molecule has 0 aromatic heterocycles. The average Bonchev–Trinajstić information content (AvgIpc) is 2.70. The lowest BCUT2D eigenvalue weighted by molar-refractivity contribution is -0.388. The number of sulfonamides is 1. The molecular weight excluding hydrogens is 467 g/mol. The van der Waals surface area contributed by atoms with Crippen LogP contribution in [-0.2, 0) is 10.0 Å². The molecule has 0 amide bonds. The number of nitrogens with zero attached hydrogens (tertiary/aromatic N) is 2. The molecule has 0 spiro atoms. The smallest absolute Gasteiger partial charge is 0.269 e. The molecule has 0 bridgehead atoms. The van der Waals surface area contributed by atoms with Gasteiger partial charge in [0.05, 0.1) is 30.4 Å². The van der Waals surface area contributed by atoms with Crippen molar-refractivity contribution in [1.82, 2.24) is 0 Å². The van der Waals surface area contributed by atoms with Gasteiger partial charge in [0.2, 0.25) is 0 Å². The van der Waals surface area contributed by atoms with Gasteiger partial charge < -0.3 is 0 Å². The average molecular weight is 483 g/mol. The molecule has 0 aliphatic carbocycles. The van der Waals surface area contributed by atoms with Gasteiger partial charge in [-0.1, -0.05) is 53.2 Å². The molecule has 30 heavy (non-hydrogen) atoms. The second-order valence-corrected chi connectivity index (χ2v) is 10.2. The number of aryl methyl sites for hydroxylation is 1. The van der Waals surface area contributed by atoms with Crippen LogP contribution in [0, 0.1) is 17.0 Å². The first-order valence-electron chi connectivity index (χ1n) is 8.57. The third-order valence-electron chi connectivity index (χ3n) is 4.36. The third kappa shape index (κ3) is 4.57. The molecule has 0 N–H and O–H groups in total. The van der Waals surface area contributed by atoms with E-state index < -0.39 is 14.9 Å². The van der Waals surface area contributed by atoms with E-state index in [9.17, 15) is 18.5 Å². The number of halogens is 2. The van der Waals surface area contributed by atoms with Gasteiger partial charge >= 0.3 is 0 Å². The monoisotopic (exact) mass is 482 g/mol. The number of hydrogen-bond acceptors (Lipinski definition) is 5. The highest BCUT2D eigenvalue weighted by Gasteiger charge is 2.26. The Kier molecular flexibility index (Phi) is 6.62. The fourth-order valence-corrected chi connectivity index (χ4v) is 5.34. The van der Waals surface area contributed by atoms with Crippen molar-refractivity contribution in [2.75, 3.05) is 11.4 Å². The van der Waals surface area contributed by atoms with Crippen LogP contribution in [0.25, 0.3) is 0 Å². The first-order valence-corrected chi connectivity index (χ1v) is 11.6. The number of rotatable bonds is 6. The molecular formula is C20H16Cl2N2O4S2. The summed E-state index contributed by atoms with van der Waals surface area (Å²) < 4.78 is 27.3. The number of anilines is 1. The van der Waals surface area contributed by atoms with Crippen LogP contribution in [0.5, 0.6) is 0 Å². The third-order valence-corrected chi connectivity index (χ3v) is 7.92. The number of nitro groups is 1. The molecule has 0 unspecified atom stereocenters. The predicted octanol–water partition coefficient (Wildman–Crippen LogP) is 6.19. The lowest BCUT2D eigenvalue weighted by Crippen LogP contribution is -2.27. The van der Waals surface area contributed by atoms with Crippen LogP contribution in [0.1, 0.15) is 5.56 Å². The molecule has 0 aliphatic rings. The maximum absolute atomic E-state index is 13.1. The van der Waals surface area contributed by atoms with Crippen molar-refractivity contribution in [3.05, 3.63) is 86.4 Å². The van der Waals surface area contributed by atoms with Gasteiger partial charge in [-0.3, -0.25) is 14.4 Å². The van der Waals surface area contributed by atoms with Crippen molar-refractivity contribution in [2.45, 2.75) is 21.6 Å². The fourth-order valence-electron chi connectivity index (χ4n) is 2.76. The molecule has 0 saturated heterocycles. The molecule has 0 aliphatic heterocycles. The largest absolute Gasteiger partial charge is 0.284 e. The number of hydrogen-bond donors (Lipinski definition) is 0. The van der Waals surface area contributed by atoms with Gasteiger partial charge in [-0.05, 0) is 48.9 Å². The summed E-state index contributed by atoms with van der Waals surface area (Å²) in [4.78, 5) is 11.8. The van der Waals surface area contributed by atoms with Crippen LogP contribution in [0.4, 0.5) is 11.4 Å². The van der Waals surface area contributed by atoms with Gasteiger partial charge in [-0.25, -0.2) is 8.42 Å². The Hall–Kier alpha value is -2.26. The first-order chi connectivity index (χ1) is 14.1. The summed E-state index contributed by atoms with van der Waals surface area (Å²) in [6.45, 7) is 1.79. The Morgan fingerprint density at radius 2 is 1.70 bits per heavy atom. The quantitative estimate of drug-likeness (QED) is 0.309. The SMILES string of the molecule is Cc1ccccc1N(C)S(=O)(=O)c1ccc(Sc2ccc(Cl)c(Cl)c2)c([N+](=O)[O-])c1. The van der Waals surface area contributed by atoms with Gasteiger partial charge in [0, 0.05) is 18.0 Å². The van der Waals surface area contributed by atoms with E-state index in [0.29, 0.717) is 20.6 Å². The molecule has 0 saturated carbocycles. The van der Waals surface area contributed by atoms with E-state index in [2.05, 4.69) is 0 Å². The van der Waals surface area contributed by atoms with E-state index in [4.69, 9.17) is 23.2 Å². The lowest BCUT2D eigenvalue weighted by atomic mass is 10.2. The number of para-hydroxylation sites is 1. The van der Waals surface area contributed by atoms with Crippen molar-refractivity contribution < 1.29 is 13.3 Å². The second kappa shape index (κ2) is 8.85. The Labute approximate surface area is 188 Å². The molecule has 0 heterocycles. The van der Waals surface area contributed by atoms with Crippen molar-refractivity contribution in [2.24, 2.45) is 0 Å². The first kappa shape index (κ1) is 22.4. The minimum absolute atomic E-state index is 0.168. The fraction of sp³-hybridized carbons (Fsp3) is 0.100. The van der Waals surface area contributed by atoms with E-state index in [-0.39, 0.29) is 15.5 Å². The van der Waals surface area contributed by atoms with Gasteiger partial charge in [-0.15, -0.1) is 0 Å². The van der Waals surface area contributed by atoms with Crippen molar-refractivity contribution in [3.8, 4) is 0 Å². The zero-order valence-electron chi connectivity index (χ0n) is 15.9. The van der Waals surface area contributed by atoms with Gasteiger partial charge in [0.25, 0.3) is 15.7 Å². The van der Waals surface area contributed by atoms with Gasteiger partial charge in [-0.2, -0.15) is 0 Å². The highest BCUT2D eigenvalue weighted by molar-refractivity contribution is 7.99. The van der Waals surface area contributed by atoms with E-state index in [0.717, 1.165) is 27.7 Å². The molecule has 6 nitrogen and oxygen atoms in total. The van der Waals surface area contributed by atoms with Crippen molar-refractivity contribution >= 4 is 56.4 Å².